The monoisotopic (exact) mass is 424 g/mol. The van der Waals surface area contributed by atoms with Crippen molar-refractivity contribution in [3.8, 4) is 5.75 Å². The highest BCUT2D eigenvalue weighted by molar-refractivity contribution is 5.96. The van der Waals surface area contributed by atoms with Crippen LogP contribution in [0.25, 0.3) is 0 Å². The molecule has 2 amide bonds. The predicted molar refractivity (Wildman–Crippen MR) is 124 cm³/mol. The van der Waals surface area contributed by atoms with Gasteiger partial charge in [-0.05, 0) is 50.1 Å². The number of ether oxygens (including phenoxy) is 1. The largest absolute Gasteiger partial charge is 0.495 e. The van der Waals surface area contributed by atoms with Crippen molar-refractivity contribution in [1.82, 2.24) is 9.80 Å². The molecule has 1 aliphatic rings. The molecule has 0 saturated carbocycles. The zero-order valence-electron chi connectivity index (χ0n) is 18.8. The molecule has 0 spiro atoms. The van der Waals surface area contributed by atoms with E-state index in [4.69, 9.17) is 4.74 Å². The van der Waals surface area contributed by atoms with E-state index in [0.717, 1.165) is 43.0 Å². The molecule has 0 aliphatic carbocycles. The molecule has 2 aromatic carbocycles. The van der Waals surface area contributed by atoms with Crippen LogP contribution in [-0.4, -0.2) is 67.5 Å². The van der Waals surface area contributed by atoms with Gasteiger partial charge in [-0.3, -0.25) is 19.4 Å². The predicted octanol–water partition coefficient (Wildman–Crippen LogP) is 2.90. The van der Waals surface area contributed by atoms with E-state index >= 15 is 0 Å². The maximum atomic E-state index is 12.7. The molecule has 2 N–H and O–H groups in total. The minimum absolute atomic E-state index is 0.0101. The van der Waals surface area contributed by atoms with Gasteiger partial charge in [0.05, 0.1) is 25.4 Å². The summed E-state index contributed by atoms with van der Waals surface area (Å²) in [5.41, 5.74) is 3.79. The Morgan fingerprint density at radius 2 is 1.65 bits per heavy atom. The van der Waals surface area contributed by atoms with Crippen LogP contribution in [0.4, 0.5) is 11.4 Å². The summed E-state index contributed by atoms with van der Waals surface area (Å²) in [6, 6.07) is 13.0. The van der Waals surface area contributed by atoms with Crippen molar-refractivity contribution >= 4 is 23.2 Å². The second-order valence-electron chi connectivity index (χ2n) is 7.97. The first-order valence-corrected chi connectivity index (χ1v) is 10.7. The van der Waals surface area contributed by atoms with Gasteiger partial charge in [-0.1, -0.05) is 24.3 Å². The molecule has 166 valence electrons. The van der Waals surface area contributed by atoms with E-state index in [1.54, 1.807) is 7.11 Å². The standard InChI is InChI=1S/C24H32N4O3/c1-17-8-7-10-20(18(17)2)25-23(29)16-27-12-14-28(15-13-27)19(3)24(30)26-21-9-5-6-11-22(21)31-4/h5-11,19H,12-16H2,1-4H3,(H,25,29)(H,26,30)/t19-/m1/s1. The van der Waals surface area contributed by atoms with Gasteiger partial charge < -0.3 is 15.4 Å². The van der Waals surface area contributed by atoms with E-state index in [1.807, 2.05) is 63.2 Å². The first-order valence-electron chi connectivity index (χ1n) is 10.7. The second-order valence-corrected chi connectivity index (χ2v) is 7.97. The van der Waals surface area contributed by atoms with Crippen molar-refractivity contribution in [2.45, 2.75) is 26.8 Å². The van der Waals surface area contributed by atoms with Crippen LogP contribution >= 0.6 is 0 Å². The van der Waals surface area contributed by atoms with Crippen molar-refractivity contribution in [1.29, 1.82) is 0 Å². The average Bonchev–Trinajstić information content (AvgIpc) is 2.77. The highest BCUT2D eigenvalue weighted by atomic mass is 16.5. The van der Waals surface area contributed by atoms with Crippen molar-refractivity contribution in [2.24, 2.45) is 0 Å². The topological polar surface area (TPSA) is 73.9 Å². The molecule has 0 aromatic heterocycles. The number of hydrogen-bond acceptors (Lipinski definition) is 5. The molecule has 3 rings (SSSR count). The highest BCUT2D eigenvalue weighted by Gasteiger charge is 2.26. The summed E-state index contributed by atoms with van der Waals surface area (Å²) in [7, 11) is 1.59. The van der Waals surface area contributed by atoms with E-state index in [2.05, 4.69) is 20.4 Å². The molecule has 1 atom stereocenters. The molecule has 7 nitrogen and oxygen atoms in total. The van der Waals surface area contributed by atoms with Crippen LogP contribution in [0.1, 0.15) is 18.1 Å². The Bertz CT molecular complexity index is 923. The van der Waals surface area contributed by atoms with Crippen LogP contribution in [0, 0.1) is 13.8 Å². The third-order valence-corrected chi connectivity index (χ3v) is 5.94. The van der Waals surface area contributed by atoms with E-state index in [1.165, 1.54) is 0 Å². The van der Waals surface area contributed by atoms with Crippen molar-refractivity contribution in [2.75, 3.05) is 50.5 Å². The Kier molecular flexibility index (Phi) is 7.65. The molecular weight excluding hydrogens is 392 g/mol. The van der Waals surface area contributed by atoms with Gasteiger partial charge in [-0.15, -0.1) is 0 Å². The molecule has 0 unspecified atom stereocenters. The fraction of sp³-hybridized carbons (Fsp3) is 0.417. The third-order valence-electron chi connectivity index (χ3n) is 5.94. The number of carbonyl (C=O) groups excluding carboxylic acids is 2. The van der Waals surface area contributed by atoms with E-state index in [9.17, 15) is 9.59 Å². The number of hydrogen-bond donors (Lipinski definition) is 2. The molecule has 31 heavy (non-hydrogen) atoms. The van der Waals surface area contributed by atoms with Crippen LogP contribution in [0.15, 0.2) is 42.5 Å². The number of nitrogens with one attached hydrogen (secondary N) is 2. The first kappa shape index (κ1) is 22.8. The molecule has 0 bridgehead atoms. The summed E-state index contributed by atoms with van der Waals surface area (Å²) in [5, 5.41) is 5.97. The molecular formula is C24H32N4O3. The van der Waals surface area contributed by atoms with Gasteiger partial charge in [-0.25, -0.2) is 0 Å². The van der Waals surface area contributed by atoms with Crippen molar-refractivity contribution in [3.05, 3.63) is 53.6 Å². The van der Waals surface area contributed by atoms with Gasteiger partial charge in [0, 0.05) is 31.9 Å². The van der Waals surface area contributed by atoms with Crippen LogP contribution in [0.3, 0.4) is 0 Å². The number of carbonyl (C=O) groups is 2. The average molecular weight is 425 g/mol. The minimum atomic E-state index is -0.268. The SMILES string of the molecule is COc1ccccc1NC(=O)[C@@H](C)N1CCN(CC(=O)Nc2cccc(C)c2C)CC1. The Hall–Kier alpha value is -2.90. The van der Waals surface area contributed by atoms with Crippen LogP contribution in [-0.2, 0) is 9.59 Å². The van der Waals surface area contributed by atoms with Gasteiger partial charge >= 0.3 is 0 Å². The van der Waals surface area contributed by atoms with Crippen LogP contribution < -0.4 is 15.4 Å². The molecule has 1 fully saturated rings. The van der Waals surface area contributed by atoms with Crippen LogP contribution in [0.2, 0.25) is 0 Å². The molecule has 1 heterocycles. The van der Waals surface area contributed by atoms with E-state index < -0.39 is 0 Å². The normalized spacial score (nSPS) is 15.9. The number of piperazine rings is 1. The summed E-state index contributed by atoms with van der Waals surface area (Å²) in [4.78, 5) is 29.5. The minimum Gasteiger partial charge on any atom is -0.495 e. The zero-order valence-corrected chi connectivity index (χ0v) is 18.8. The number of para-hydroxylation sites is 2. The second kappa shape index (κ2) is 10.4. The van der Waals surface area contributed by atoms with Gasteiger partial charge in [0.1, 0.15) is 5.75 Å². The summed E-state index contributed by atoms with van der Waals surface area (Å²) in [6.07, 6.45) is 0. The summed E-state index contributed by atoms with van der Waals surface area (Å²) < 4.78 is 5.31. The fourth-order valence-corrected chi connectivity index (χ4v) is 3.74. The number of nitrogens with zero attached hydrogens (tertiary/aromatic N) is 2. The van der Waals surface area contributed by atoms with Crippen LogP contribution in [0.5, 0.6) is 5.75 Å². The summed E-state index contributed by atoms with van der Waals surface area (Å²) in [5.74, 6) is 0.567. The molecule has 0 radical (unpaired) electrons. The van der Waals surface area contributed by atoms with Gasteiger partial charge in [0.15, 0.2) is 0 Å². The number of benzene rings is 2. The Balaban J connectivity index is 1.48. The molecule has 1 aliphatic heterocycles. The Labute approximate surface area is 184 Å². The van der Waals surface area contributed by atoms with Crippen molar-refractivity contribution in [3.63, 3.8) is 0 Å². The smallest absolute Gasteiger partial charge is 0.241 e. The molecule has 1 saturated heterocycles. The maximum Gasteiger partial charge on any atom is 0.241 e. The van der Waals surface area contributed by atoms with E-state index in [0.29, 0.717) is 18.0 Å². The van der Waals surface area contributed by atoms with E-state index in [-0.39, 0.29) is 17.9 Å². The van der Waals surface area contributed by atoms with Gasteiger partial charge in [0.2, 0.25) is 11.8 Å². The zero-order chi connectivity index (χ0) is 22.4. The summed E-state index contributed by atoms with van der Waals surface area (Å²) >= 11 is 0. The Morgan fingerprint density at radius 3 is 2.35 bits per heavy atom. The van der Waals surface area contributed by atoms with Gasteiger partial charge in [-0.2, -0.15) is 0 Å². The lowest BCUT2D eigenvalue weighted by molar-refractivity contribution is -0.122. The number of amides is 2. The number of aryl methyl sites for hydroxylation is 1. The molecule has 2 aromatic rings. The number of anilines is 2. The lowest BCUT2D eigenvalue weighted by Gasteiger charge is -2.37. The fourth-order valence-electron chi connectivity index (χ4n) is 3.74. The third kappa shape index (κ3) is 5.83. The summed E-state index contributed by atoms with van der Waals surface area (Å²) in [6.45, 7) is 9.26. The lowest BCUT2D eigenvalue weighted by atomic mass is 10.1. The number of methoxy groups -OCH3 is 1. The van der Waals surface area contributed by atoms with Crippen molar-refractivity contribution < 1.29 is 14.3 Å². The van der Waals surface area contributed by atoms with Gasteiger partial charge in [0.25, 0.3) is 0 Å². The Morgan fingerprint density at radius 1 is 0.968 bits per heavy atom. The molecule has 7 heteroatoms. The maximum absolute atomic E-state index is 12.7. The number of rotatable bonds is 7. The highest BCUT2D eigenvalue weighted by Crippen LogP contribution is 2.23. The first-order chi connectivity index (χ1) is 14.9. The lowest BCUT2D eigenvalue weighted by Crippen LogP contribution is -2.53. The quantitative estimate of drug-likeness (QED) is 0.715.